The number of benzene rings is 1. The monoisotopic (exact) mass is 467 g/mol. The SMILES string of the molecule is COC(=O)N1CCN(c2ccc(Nc3ncc(C(N)=O)c(NCC(F)(F)F)n3)cc2)C(C)C1. The molecule has 3 rings (SSSR count). The number of aromatic nitrogens is 2. The summed E-state index contributed by atoms with van der Waals surface area (Å²) in [6, 6.07) is 7.34. The number of hydrogen-bond acceptors (Lipinski definition) is 8. The Morgan fingerprint density at radius 3 is 2.52 bits per heavy atom. The number of methoxy groups -OCH3 is 1. The van der Waals surface area contributed by atoms with Gasteiger partial charge in [-0.25, -0.2) is 9.78 Å². The van der Waals surface area contributed by atoms with Gasteiger partial charge in [-0.15, -0.1) is 0 Å². The number of piperazine rings is 1. The van der Waals surface area contributed by atoms with E-state index in [0.29, 0.717) is 25.3 Å². The molecule has 1 unspecified atom stereocenters. The molecule has 2 heterocycles. The van der Waals surface area contributed by atoms with Crippen LogP contribution >= 0.6 is 0 Å². The minimum atomic E-state index is -4.50. The normalized spacial score (nSPS) is 16.3. The highest BCUT2D eigenvalue weighted by Gasteiger charge is 2.28. The van der Waals surface area contributed by atoms with Crippen LogP contribution in [-0.2, 0) is 4.74 Å². The fraction of sp³-hybridized carbons (Fsp3) is 0.400. The molecule has 178 valence electrons. The number of halogens is 3. The van der Waals surface area contributed by atoms with Gasteiger partial charge in [0.15, 0.2) is 0 Å². The number of anilines is 4. The van der Waals surface area contributed by atoms with Gasteiger partial charge >= 0.3 is 12.3 Å². The Balaban J connectivity index is 1.69. The highest BCUT2D eigenvalue weighted by molar-refractivity contribution is 5.97. The molecule has 1 fully saturated rings. The number of rotatable bonds is 6. The van der Waals surface area contributed by atoms with Gasteiger partial charge < -0.3 is 30.9 Å². The minimum absolute atomic E-state index is 0.00233. The number of alkyl halides is 3. The van der Waals surface area contributed by atoms with Crippen molar-refractivity contribution in [3.8, 4) is 0 Å². The highest BCUT2D eigenvalue weighted by atomic mass is 19.4. The van der Waals surface area contributed by atoms with Crippen LogP contribution in [0, 0.1) is 0 Å². The molecule has 1 aliphatic heterocycles. The zero-order chi connectivity index (χ0) is 24.2. The third-order valence-electron chi connectivity index (χ3n) is 5.03. The molecule has 2 amide bonds. The Morgan fingerprint density at radius 1 is 1.24 bits per heavy atom. The number of ether oxygens (including phenoxy) is 1. The first-order valence-electron chi connectivity index (χ1n) is 10.0. The molecule has 4 N–H and O–H groups in total. The molecule has 0 spiro atoms. The lowest BCUT2D eigenvalue weighted by Crippen LogP contribution is -2.53. The van der Waals surface area contributed by atoms with Crippen LogP contribution < -0.4 is 21.3 Å². The molecule has 0 radical (unpaired) electrons. The fourth-order valence-electron chi connectivity index (χ4n) is 3.44. The summed E-state index contributed by atoms with van der Waals surface area (Å²) < 4.78 is 42.4. The summed E-state index contributed by atoms with van der Waals surface area (Å²) >= 11 is 0. The Kier molecular flexibility index (Phi) is 7.09. The highest BCUT2D eigenvalue weighted by Crippen LogP contribution is 2.25. The van der Waals surface area contributed by atoms with Gasteiger partial charge in [-0.1, -0.05) is 0 Å². The lowest BCUT2D eigenvalue weighted by Gasteiger charge is -2.40. The molecular formula is C20H24F3N7O3. The zero-order valence-electron chi connectivity index (χ0n) is 18.0. The van der Waals surface area contributed by atoms with Crippen LogP contribution in [-0.4, -0.2) is 72.4 Å². The van der Waals surface area contributed by atoms with Gasteiger partial charge in [0.1, 0.15) is 12.4 Å². The number of primary amides is 1. The molecule has 1 saturated heterocycles. The van der Waals surface area contributed by atoms with E-state index in [4.69, 9.17) is 10.5 Å². The van der Waals surface area contributed by atoms with E-state index in [2.05, 4.69) is 25.5 Å². The van der Waals surface area contributed by atoms with Crippen LogP contribution in [0.25, 0.3) is 0 Å². The summed E-state index contributed by atoms with van der Waals surface area (Å²) in [6.45, 7) is 2.32. The van der Waals surface area contributed by atoms with Gasteiger partial charge in [0.25, 0.3) is 5.91 Å². The smallest absolute Gasteiger partial charge is 0.409 e. The van der Waals surface area contributed by atoms with Gasteiger partial charge in [-0.3, -0.25) is 4.79 Å². The van der Waals surface area contributed by atoms with Crippen LogP contribution in [0.5, 0.6) is 0 Å². The Hall–Kier alpha value is -3.77. The number of hydrogen-bond donors (Lipinski definition) is 3. The average Bonchev–Trinajstić information content (AvgIpc) is 2.77. The second kappa shape index (κ2) is 9.79. The van der Waals surface area contributed by atoms with Crippen molar-refractivity contribution in [3.63, 3.8) is 0 Å². The molecule has 1 aromatic heterocycles. The van der Waals surface area contributed by atoms with Crippen LogP contribution in [0.1, 0.15) is 17.3 Å². The van der Waals surface area contributed by atoms with Crippen LogP contribution in [0.15, 0.2) is 30.5 Å². The standard InChI is InChI=1S/C20H24F3N7O3/c1-12-10-29(19(32)33-2)7-8-30(12)14-5-3-13(4-6-14)27-18-25-9-15(16(24)31)17(28-18)26-11-20(21,22)23/h3-6,9,12H,7-8,10-11H2,1-2H3,(H2,24,31)(H2,25,26,27,28). The van der Waals surface area contributed by atoms with E-state index in [-0.39, 0.29) is 29.5 Å². The lowest BCUT2D eigenvalue weighted by atomic mass is 10.1. The predicted octanol–water partition coefficient (Wildman–Crippen LogP) is 2.57. The summed E-state index contributed by atoms with van der Waals surface area (Å²) in [5, 5.41) is 4.97. The fourth-order valence-corrected chi connectivity index (χ4v) is 3.44. The van der Waals surface area contributed by atoms with Crippen molar-refractivity contribution in [2.45, 2.75) is 19.1 Å². The van der Waals surface area contributed by atoms with E-state index in [1.165, 1.54) is 7.11 Å². The zero-order valence-corrected chi connectivity index (χ0v) is 18.0. The number of nitrogens with two attached hydrogens (primary N) is 1. The molecule has 0 saturated carbocycles. The maximum Gasteiger partial charge on any atom is 0.409 e. The molecule has 10 nitrogen and oxygen atoms in total. The Labute approximate surface area is 187 Å². The topological polar surface area (TPSA) is 126 Å². The van der Waals surface area contributed by atoms with E-state index in [0.717, 1.165) is 11.9 Å². The van der Waals surface area contributed by atoms with Crippen molar-refractivity contribution in [3.05, 3.63) is 36.0 Å². The van der Waals surface area contributed by atoms with Crippen molar-refractivity contribution in [2.24, 2.45) is 5.73 Å². The van der Waals surface area contributed by atoms with Crippen LogP contribution in [0.3, 0.4) is 0 Å². The molecular weight excluding hydrogens is 443 g/mol. The van der Waals surface area contributed by atoms with E-state index < -0.39 is 18.6 Å². The summed E-state index contributed by atoms with van der Waals surface area (Å²) in [4.78, 5) is 34.9. The largest absolute Gasteiger partial charge is 0.453 e. The maximum absolute atomic E-state index is 12.6. The first-order chi connectivity index (χ1) is 15.6. The van der Waals surface area contributed by atoms with Crippen molar-refractivity contribution < 1.29 is 27.5 Å². The second-order valence-electron chi connectivity index (χ2n) is 7.42. The van der Waals surface area contributed by atoms with Gasteiger partial charge in [-0.2, -0.15) is 18.2 Å². The van der Waals surface area contributed by atoms with Gasteiger partial charge in [0.2, 0.25) is 5.95 Å². The number of carbonyl (C=O) groups is 2. The number of nitrogens with one attached hydrogen (secondary N) is 2. The van der Waals surface area contributed by atoms with Crippen LogP contribution in [0.2, 0.25) is 0 Å². The number of nitrogens with zero attached hydrogens (tertiary/aromatic N) is 4. The second-order valence-corrected chi connectivity index (χ2v) is 7.42. The minimum Gasteiger partial charge on any atom is -0.453 e. The number of carbonyl (C=O) groups excluding carboxylic acids is 2. The van der Waals surface area contributed by atoms with Crippen molar-refractivity contribution >= 4 is 35.1 Å². The Bertz CT molecular complexity index is 1000. The molecule has 13 heteroatoms. The number of amides is 2. The van der Waals surface area contributed by atoms with Crippen LogP contribution in [0.4, 0.5) is 41.1 Å². The molecule has 33 heavy (non-hydrogen) atoms. The summed E-state index contributed by atoms with van der Waals surface area (Å²) in [6.07, 6.45) is -3.79. The molecule has 1 aliphatic rings. The average molecular weight is 467 g/mol. The van der Waals surface area contributed by atoms with Gasteiger partial charge in [0, 0.05) is 43.2 Å². The molecule has 0 aliphatic carbocycles. The van der Waals surface area contributed by atoms with E-state index >= 15 is 0 Å². The van der Waals surface area contributed by atoms with Gasteiger partial charge in [0.05, 0.1) is 12.7 Å². The quantitative estimate of drug-likeness (QED) is 0.592. The van der Waals surface area contributed by atoms with E-state index in [1.807, 2.05) is 19.1 Å². The third kappa shape index (κ3) is 6.14. The van der Waals surface area contributed by atoms with Crippen molar-refractivity contribution in [2.75, 3.05) is 48.8 Å². The Morgan fingerprint density at radius 2 is 1.94 bits per heavy atom. The summed E-state index contributed by atoms with van der Waals surface area (Å²) in [7, 11) is 1.35. The van der Waals surface area contributed by atoms with Crippen molar-refractivity contribution in [1.29, 1.82) is 0 Å². The van der Waals surface area contributed by atoms with Gasteiger partial charge in [-0.05, 0) is 31.2 Å². The van der Waals surface area contributed by atoms with E-state index in [9.17, 15) is 22.8 Å². The molecule has 2 aromatic rings. The lowest BCUT2D eigenvalue weighted by molar-refractivity contribution is -0.115. The molecule has 1 atom stereocenters. The molecule has 0 bridgehead atoms. The first kappa shape index (κ1) is 23.9. The summed E-state index contributed by atoms with van der Waals surface area (Å²) in [5.41, 5.74) is 6.48. The third-order valence-corrected chi connectivity index (χ3v) is 5.03. The van der Waals surface area contributed by atoms with Crippen molar-refractivity contribution in [1.82, 2.24) is 14.9 Å². The molecule has 1 aromatic carbocycles. The predicted molar refractivity (Wildman–Crippen MR) is 116 cm³/mol. The maximum atomic E-state index is 12.6. The first-order valence-corrected chi connectivity index (χ1v) is 10.0. The van der Waals surface area contributed by atoms with E-state index in [1.54, 1.807) is 17.0 Å². The summed E-state index contributed by atoms with van der Waals surface area (Å²) in [5.74, 6) is -1.26.